The molecule has 1 aliphatic rings. The number of unbranched alkanes of at least 4 members (excludes halogenated alkanes) is 7. The van der Waals surface area contributed by atoms with Crippen molar-refractivity contribution in [3.63, 3.8) is 0 Å². The summed E-state index contributed by atoms with van der Waals surface area (Å²) in [5, 5.41) is 0. The van der Waals surface area contributed by atoms with Gasteiger partial charge in [-0.25, -0.2) is 9.97 Å². The van der Waals surface area contributed by atoms with Crippen LogP contribution in [0, 0.1) is 5.92 Å². The first-order valence-corrected chi connectivity index (χ1v) is 13.3. The van der Waals surface area contributed by atoms with Gasteiger partial charge in [0.05, 0.1) is 5.92 Å². The Labute approximate surface area is 200 Å². The van der Waals surface area contributed by atoms with E-state index >= 15 is 0 Å². The van der Waals surface area contributed by atoms with Gasteiger partial charge in [0, 0.05) is 18.0 Å². The molecule has 1 fully saturated rings. The maximum absolute atomic E-state index is 12.1. The van der Waals surface area contributed by atoms with Gasteiger partial charge in [0.25, 0.3) is 0 Å². The molecule has 1 saturated heterocycles. The quantitative estimate of drug-likeness (QED) is 0.208. The van der Waals surface area contributed by atoms with E-state index in [4.69, 9.17) is 4.74 Å². The Morgan fingerprint density at radius 3 is 2.12 bits per heavy atom. The van der Waals surface area contributed by atoms with Crippen molar-refractivity contribution in [2.75, 3.05) is 0 Å². The highest BCUT2D eigenvalue weighted by Gasteiger charge is 2.33. The number of rotatable bonds is 15. The topological polar surface area (TPSA) is 52.1 Å². The van der Waals surface area contributed by atoms with Gasteiger partial charge < -0.3 is 4.74 Å². The maximum atomic E-state index is 12.1. The lowest BCUT2D eigenvalue weighted by Crippen LogP contribution is -2.08. The summed E-state index contributed by atoms with van der Waals surface area (Å²) in [4.78, 5) is 21.3. The fourth-order valence-electron chi connectivity index (χ4n) is 4.71. The molecule has 0 N–H and O–H groups in total. The van der Waals surface area contributed by atoms with Gasteiger partial charge in [0.15, 0.2) is 5.82 Å². The van der Waals surface area contributed by atoms with Crippen molar-refractivity contribution < 1.29 is 9.53 Å². The Hall–Kier alpha value is -2.23. The molecule has 0 aliphatic carbocycles. The van der Waals surface area contributed by atoms with Gasteiger partial charge in [0.1, 0.15) is 6.10 Å². The number of hydrogen-bond donors (Lipinski definition) is 0. The van der Waals surface area contributed by atoms with Crippen LogP contribution in [0.25, 0.3) is 11.4 Å². The zero-order valence-electron chi connectivity index (χ0n) is 20.7. The molecule has 1 aromatic carbocycles. The Balaban J connectivity index is 1.38. The largest absolute Gasteiger partial charge is 0.462 e. The van der Waals surface area contributed by atoms with Gasteiger partial charge >= 0.3 is 5.97 Å². The summed E-state index contributed by atoms with van der Waals surface area (Å²) in [5.74, 6) is 0.826. The van der Waals surface area contributed by atoms with Crippen LogP contribution >= 0.6 is 0 Å². The van der Waals surface area contributed by atoms with E-state index in [0.717, 1.165) is 49.9 Å². The summed E-state index contributed by atoms with van der Waals surface area (Å²) in [6, 6.07) is 8.46. The Bertz CT molecular complexity index is 817. The number of esters is 1. The molecular weight excluding hydrogens is 408 g/mol. The summed E-state index contributed by atoms with van der Waals surface area (Å²) in [5.41, 5.74) is 3.52. The number of benzene rings is 1. The highest BCUT2D eigenvalue weighted by atomic mass is 16.5. The van der Waals surface area contributed by atoms with Crippen molar-refractivity contribution in [3.05, 3.63) is 47.8 Å². The molecule has 2 aromatic rings. The van der Waals surface area contributed by atoms with Crippen molar-refractivity contribution in [3.8, 4) is 11.4 Å². The standard InChI is InChI=1S/C29H42N2O2/c1-3-5-6-7-8-9-10-11-13-24-21-30-28(31-22-24)25-17-14-23(15-18-25)16-19-26-20-27(12-4-2)33-29(26)32/h14-15,17-18,21-22,26-27H,3-13,16,19-20H2,1-2H3. The molecule has 1 aromatic heterocycles. The third kappa shape index (κ3) is 8.57. The van der Waals surface area contributed by atoms with Gasteiger partial charge in [-0.05, 0) is 49.7 Å². The predicted molar refractivity (Wildman–Crippen MR) is 135 cm³/mol. The molecule has 0 spiro atoms. The highest BCUT2D eigenvalue weighted by molar-refractivity contribution is 5.74. The number of aromatic nitrogens is 2. The maximum Gasteiger partial charge on any atom is 0.309 e. The van der Waals surface area contributed by atoms with Gasteiger partial charge in [-0.2, -0.15) is 0 Å². The smallest absolute Gasteiger partial charge is 0.309 e. The van der Waals surface area contributed by atoms with E-state index in [0.29, 0.717) is 0 Å². The molecule has 0 radical (unpaired) electrons. The van der Waals surface area contributed by atoms with E-state index in [1.807, 2.05) is 12.4 Å². The Morgan fingerprint density at radius 2 is 1.45 bits per heavy atom. The molecule has 2 atom stereocenters. The average Bonchev–Trinajstić information content (AvgIpc) is 3.19. The number of carbonyl (C=O) groups is 1. The summed E-state index contributed by atoms with van der Waals surface area (Å²) in [7, 11) is 0. The second-order valence-electron chi connectivity index (χ2n) is 9.66. The summed E-state index contributed by atoms with van der Waals surface area (Å²) in [6.45, 7) is 4.40. The molecule has 0 amide bonds. The van der Waals surface area contributed by atoms with Crippen LogP contribution in [-0.4, -0.2) is 22.0 Å². The minimum absolute atomic E-state index is 0.00877. The van der Waals surface area contributed by atoms with E-state index in [1.165, 1.54) is 62.5 Å². The first-order chi connectivity index (χ1) is 16.2. The first kappa shape index (κ1) is 25.4. The van der Waals surface area contributed by atoms with Crippen LogP contribution in [0.3, 0.4) is 0 Å². The first-order valence-electron chi connectivity index (χ1n) is 13.3. The number of hydrogen-bond acceptors (Lipinski definition) is 4. The van der Waals surface area contributed by atoms with Crippen LogP contribution in [0.2, 0.25) is 0 Å². The van der Waals surface area contributed by atoms with Crippen molar-refractivity contribution >= 4 is 5.97 Å². The van der Waals surface area contributed by atoms with Crippen LogP contribution in [0.5, 0.6) is 0 Å². The van der Waals surface area contributed by atoms with Crippen molar-refractivity contribution in [1.29, 1.82) is 0 Å². The van der Waals surface area contributed by atoms with Gasteiger partial charge in [0.2, 0.25) is 0 Å². The van der Waals surface area contributed by atoms with Crippen LogP contribution in [0.15, 0.2) is 36.7 Å². The molecule has 0 saturated carbocycles. The third-order valence-corrected chi connectivity index (χ3v) is 6.79. The molecule has 1 aliphatic heterocycles. The van der Waals surface area contributed by atoms with Crippen LogP contribution < -0.4 is 0 Å². The van der Waals surface area contributed by atoms with Gasteiger partial charge in [-0.1, -0.05) is 89.5 Å². The second-order valence-corrected chi connectivity index (χ2v) is 9.66. The third-order valence-electron chi connectivity index (χ3n) is 6.79. The average molecular weight is 451 g/mol. The number of ether oxygens (including phenoxy) is 1. The molecular formula is C29H42N2O2. The van der Waals surface area contributed by atoms with E-state index < -0.39 is 0 Å². The number of aryl methyl sites for hydroxylation is 2. The molecule has 2 heterocycles. The number of cyclic esters (lactones) is 1. The fourth-order valence-corrected chi connectivity index (χ4v) is 4.71. The lowest BCUT2D eigenvalue weighted by Gasteiger charge is -2.07. The molecule has 33 heavy (non-hydrogen) atoms. The van der Waals surface area contributed by atoms with E-state index in [9.17, 15) is 4.79 Å². The monoisotopic (exact) mass is 450 g/mol. The number of carbonyl (C=O) groups excluding carboxylic acids is 1. The summed E-state index contributed by atoms with van der Waals surface area (Å²) < 4.78 is 5.49. The lowest BCUT2D eigenvalue weighted by molar-refractivity contribution is -0.144. The molecule has 4 nitrogen and oxygen atoms in total. The van der Waals surface area contributed by atoms with Gasteiger partial charge in [-0.3, -0.25) is 4.79 Å². The van der Waals surface area contributed by atoms with Crippen LogP contribution in [0.4, 0.5) is 0 Å². The minimum Gasteiger partial charge on any atom is -0.462 e. The zero-order chi connectivity index (χ0) is 23.3. The summed E-state index contributed by atoms with van der Waals surface area (Å²) in [6.07, 6.45) is 20.6. The minimum atomic E-state index is -0.00877. The highest BCUT2D eigenvalue weighted by Crippen LogP contribution is 2.28. The van der Waals surface area contributed by atoms with Crippen molar-refractivity contribution in [1.82, 2.24) is 9.97 Å². The SMILES string of the molecule is CCCCCCCCCCc1cnc(-c2ccc(CCC3CC(CCC)OC3=O)cc2)nc1. The van der Waals surface area contributed by atoms with Crippen molar-refractivity contribution in [2.24, 2.45) is 5.92 Å². The predicted octanol–water partition coefficient (Wildman–Crippen LogP) is 7.49. The van der Waals surface area contributed by atoms with E-state index in [-0.39, 0.29) is 18.0 Å². The molecule has 4 heteroatoms. The molecule has 2 unspecified atom stereocenters. The van der Waals surface area contributed by atoms with Crippen molar-refractivity contribution in [2.45, 2.75) is 110 Å². The van der Waals surface area contributed by atoms with Crippen LogP contribution in [-0.2, 0) is 22.4 Å². The summed E-state index contributed by atoms with van der Waals surface area (Å²) >= 11 is 0. The normalized spacial score (nSPS) is 17.9. The van der Waals surface area contributed by atoms with Crippen LogP contribution in [0.1, 0.15) is 102 Å². The van der Waals surface area contributed by atoms with E-state index in [2.05, 4.69) is 48.1 Å². The zero-order valence-corrected chi connectivity index (χ0v) is 20.7. The lowest BCUT2D eigenvalue weighted by atomic mass is 9.95. The Kier molecular flexibility index (Phi) is 10.9. The molecule has 180 valence electrons. The van der Waals surface area contributed by atoms with Gasteiger partial charge in [-0.15, -0.1) is 0 Å². The molecule has 0 bridgehead atoms. The second kappa shape index (κ2) is 14.1. The molecule has 3 rings (SSSR count). The van der Waals surface area contributed by atoms with E-state index in [1.54, 1.807) is 0 Å². The Morgan fingerprint density at radius 1 is 0.788 bits per heavy atom. The number of nitrogens with zero attached hydrogens (tertiary/aromatic N) is 2. The fraction of sp³-hybridized carbons (Fsp3) is 0.621.